The summed E-state index contributed by atoms with van der Waals surface area (Å²) in [6.45, 7) is 19.8. The molecule has 35 heavy (non-hydrogen) atoms. The SMILES string of the molecule is CC(=O)[C@H]1C[C@]23CC[C@]4(C)[C@H](CC[C@@H]5[C@@]6(C)CCC(=O)C(C)(C)[C@@H]6CC[C@]54C)[C@H]2[C@H](C)C1(C)OC3. The summed E-state index contributed by atoms with van der Waals surface area (Å²) in [5.74, 6) is 3.97. The molecule has 0 aromatic heterocycles. The molecule has 0 N–H and O–H groups in total. The number of hydrogen-bond acceptors (Lipinski definition) is 3. The number of ether oxygens (including phenoxy) is 1. The van der Waals surface area contributed by atoms with Crippen molar-refractivity contribution >= 4 is 11.6 Å². The number of hydrogen-bond donors (Lipinski definition) is 0. The third-order valence-electron chi connectivity index (χ3n) is 14.9. The fourth-order valence-electron chi connectivity index (χ4n) is 12.6. The first-order valence-corrected chi connectivity index (χ1v) is 14.9. The van der Waals surface area contributed by atoms with Crippen LogP contribution in [0.15, 0.2) is 0 Å². The van der Waals surface area contributed by atoms with E-state index >= 15 is 0 Å². The van der Waals surface area contributed by atoms with E-state index in [4.69, 9.17) is 4.74 Å². The normalized spacial score (nSPS) is 58.6. The van der Waals surface area contributed by atoms with Gasteiger partial charge in [-0.05, 0) is 116 Å². The van der Waals surface area contributed by atoms with Gasteiger partial charge in [-0.15, -0.1) is 0 Å². The second-order valence-electron chi connectivity index (χ2n) is 15.8. The predicted octanol–water partition coefficient (Wildman–Crippen LogP) is 7.26. The van der Waals surface area contributed by atoms with Crippen LogP contribution in [0.1, 0.15) is 113 Å². The van der Waals surface area contributed by atoms with Gasteiger partial charge >= 0.3 is 0 Å². The number of carbonyl (C=O) groups is 2. The van der Waals surface area contributed by atoms with Crippen molar-refractivity contribution in [3.05, 3.63) is 0 Å². The molecule has 7 fully saturated rings. The van der Waals surface area contributed by atoms with Crippen LogP contribution in [0.4, 0.5) is 0 Å². The largest absolute Gasteiger partial charge is 0.374 e. The van der Waals surface area contributed by atoms with Crippen molar-refractivity contribution in [1.82, 2.24) is 0 Å². The zero-order chi connectivity index (χ0) is 25.4. The molecule has 2 heterocycles. The van der Waals surface area contributed by atoms with Gasteiger partial charge in [-0.1, -0.05) is 41.5 Å². The molecule has 0 amide bonds. The van der Waals surface area contributed by atoms with Gasteiger partial charge in [-0.25, -0.2) is 0 Å². The predicted molar refractivity (Wildman–Crippen MR) is 139 cm³/mol. The molecule has 0 radical (unpaired) electrons. The smallest absolute Gasteiger partial charge is 0.138 e. The Balaban J connectivity index is 1.39. The molecule has 5 saturated carbocycles. The van der Waals surface area contributed by atoms with Crippen molar-refractivity contribution in [2.75, 3.05) is 6.61 Å². The van der Waals surface area contributed by atoms with Crippen LogP contribution in [0.5, 0.6) is 0 Å². The topological polar surface area (TPSA) is 43.4 Å². The second-order valence-corrected chi connectivity index (χ2v) is 15.8. The summed E-state index contributed by atoms with van der Waals surface area (Å²) < 4.78 is 6.62. The van der Waals surface area contributed by atoms with E-state index in [0.29, 0.717) is 46.1 Å². The van der Waals surface area contributed by atoms with Gasteiger partial charge in [0.05, 0.1) is 12.2 Å². The summed E-state index contributed by atoms with van der Waals surface area (Å²) in [5.41, 5.74) is 0.663. The van der Waals surface area contributed by atoms with Crippen LogP contribution in [0.3, 0.4) is 0 Å². The summed E-state index contributed by atoms with van der Waals surface area (Å²) >= 11 is 0. The van der Waals surface area contributed by atoms with E-state index in [1.54, 1.807) is 6.92 Å². The molecule has 196 valence electrons. The standard InChI is InChI=1S/C32H50O3/c1-19-26-21-9-10-24-28(5)13-12-25(34)27(3,4)23(28)11-14-30(24,7)29(21,6)15-16-32(26)17-22(20(2)33)31(19,8)35-18-32/h19,21-24,26H,9-18H2,1-8H3/t19-,21+,22+,23-,24+,26+,28-,29+,30+,31?,32-/m0/s1. The molecule has 1 unspecified atom stereocenters. The molecule has 2 bridgehead atoms. The number of carbonyl (C=O) groups excluding carboxylic acids is 2. The third kappa shape index (κ3) is 2.68. The van der Waals surface area contributed by atoms with Gasteiger partial charge in [-0.3, -0.25) is 9.59 Å². The van der Waals surface area contributed by atoms with Crippen molar-refractivity contribution in [1.29, 1.82) is 0 Å². The summed E-state index contributed by atoms with van der Waals surface area (Å²) in [7, 11) is 0. The van der Waals surface area contributed by atoms with E-state index in [1.807, 2.05) is 0 Å². The Labute approximate surface area is 213 Å². The minimum Gasteiger partial charge on any atom is -0.374 e. The van der Waals surface area contributed by atoms with Crippen LogP contribution in [0.2, 0.25) is 0 Å². The summed E-state index contributed by atoms with van der Waals surface area (Å²) in [6, 6.07) is 0. The van der Waals surface area contributed by atoms with E-state index < -0.39 is 0 Å². The van der Waals surface area contributed by atoms with Gasteiger partial charge in [0.25, 0.3) is 0 Å². The van der Waals surface area contributed by atoms with E-state index in [-0.39, 0.29) is 27.8 Å². The molecule has 2 aliphatic heterocycles. The monoisotopic (exact) mass is 482 g/mol. The van der Waals surface area contributed by atoms with E-state index in [9.17, 15) is 9.59 Å². The highest BCUT2D eigenvalue weighted by atomic mass is 16.5. The van der Waals surface area contributed by atoms with Crippen molar-refractivity contribution in [3.63, 3.8) is 0 Å². The summed E-state index contributed by atoms with van der Waals surface area (Å²) in [4.78, 5) is 25.7. The molecule has 5 aliphatic carbocycles. The second kappa shape index (κ2) is 7.03. The highest BCUT2D eigenvalue weighted by Gasteiger charge is 2.73. The van der Waals surface area contributed by atoms with Gasteiger partial charge in [0.2, 0.25) is 0 Å². The molecule has 7 rings (SSSR count). The molecule has 11 atom stereocenters. The van der Waals surface area contributed by atoms with E-state index in [0.717, 1.165) is 31.8 Å². The molecular weight excluding hydrogens is 432 g/mol. The summed E-state index contributed by atoms with van der Waals surface area (Å²) in [5, 5.41) is 0. The minimum atomic E-state index is -0.300. The van der Waals surface area contributed by atoms with Crippen LogP contribution >= 0.6 is 0 Å². The zero-order valence-electron chi connectivity index (χ0n) is 23.8. The Bertz CT molecular complexity index is 968. The Morgan fingerprint density at radius 1 is 0.886 bits per heavy atom. The Hall–Kier alpha value is -0.700. The first-order chi connectivity index (χ1) is 16.2. The molecule has 2 saturated heterocycles. The van der Waals surface area contributed by atoms with Crippen LogP contribution in [-0.4, -0.2) is 23.8 Å². The third-order valence-corrected chi connectivity index (χ3v) is 14.9. The first kappa shape index (κ1) is 24.6. The van der Waals surface area contributed by atoms with E-state index in [1.165, 1.54) is 38.5 Å². The molecule has 7 aliphatic rings. The van der Waals surface area contributed by atoms with E-state index in [2.05, 4.69) is 48.5 Å². The van der Waals surface area contributed by atoms with Crippen molar-refractivity contribution in [3.8, 4) is 0 Å². The number of Topliss-reactive ketones (excluding diaryl/α,β-unsaturated/α-hetero) is 2. The average Bonchev–Trinajstić information content (AvgIpc) is 2.78. The molecule has 1 spiro atoms. The molecule has 3 nitrogen and oxygen atoms in total. The van der Waals surface area contributed by atoms with Gasteiger partial charge in [-0.2, -0.15) is 0 Å². The van der Waals surface area contributed by atoms with Crippen molar-refractivity contribution in [2.24, 2.45) is 62.6 Å². The first-order valence-electron chi connectivity index (χ1n) is 14.9. The Morgan fingerprint density at radius 3 is 2.29 bits per heavy atom. The van der Waals surface area contributed by atoms with Crippen LogP contribution < -0.4 is 0 Å². The Morgan fingerprint density at radius 2 is 1.60 bits per heavy atom. The quantitative estimate of drug-likeness (QED) is 0.395. The molecule has 3 heteroatoms. The van der Waals surface area contributed by atoms with Crippen LogP contribution in [0.25, 0.3) is 0 Å². The van der Waals surface area contributed by atoms with Gasteiger partial charge in [0.15, 0.2) is 0 Å². The van der Waals surface area contributed by atoms with Crippen LogP contribution in [0, 0.1) is 62.6 Å². The van der Waals surface area contributed by atoms with Crippen molar-refractivity contribution < 1.29 is 14.3 Å². The Kier molecular flexibility index (Phi) is 4.95. The lowest BCUT2D eigenvalue weighted by Crippen LogP contribution is -2.73. The van der Waals surface area contributed by atoms with Gasteiger partial charge in [0, 0.05) is 17.8 Å². The summed E-state index contributed by atoms with van der Waals surface area (Å²) in [6.07, 6.45) is 10.6. The maximum absolute atomic E-state index is 13.0. The lowest BCUT2D eigenvalue weighted by atomic mass is 9.30. The maximum Gasteiger partial charge on any atom is 0.138 e. The highest BCUT2D eigenvalue weighted by Crippen LogP contribution is 2.78. The van der Waals surface area contributed by atoms with Crippen molar-refractivity contribution in [2.45, 2.75) is 119 Å². The average molecular weight is 483 g/mol. The van der Waals surface area contributed by atoms with Crippen LogP contribution in [-0.2, 0) is 14.3 Å². The lowest BCUT2D eigenvalue weighted by molar-refractivity contribution is -0.317. The molecule has 0 aromatic rings. The highest BCUT2D eigenvalue weighted by molar-refractivity contribution is 5.85. The minimum absolute atomic E-state index is 0.0649. The van der Waals surface area contributed by atoms with Gasteiger partial charge < -0.3 is 4.74 Å². The fourth-order valence-corrected chi connectivity index (χ4v) is 12.6. The number of ketones is 2. The fraction of sp³-hybridized carbons (Fsp3) is 0.938. The molecular formula is C32H50O3. The molecule has 0 aromatic carbocycles. The number of rotatable bonds is 1. The number of fused-ring (bicyclic) bond motifs is 7. The lowest BCUT2D eigenvalue weighted by Gasteiger charge is -2.75. The van der Waals surface area contributed by atoms with Gasteiger partial charge in [0.1, 0.15) is 11.6 Å². The zero-order valence-corrected chi connectivity index (χ0v) is 23.8. The maximum atomic E-state index is 13.0.